The fourth-order valence-corrected chi connectivity index (χ4v) is 3.12. The molecule has 2 aliphatic rings. The van der Waals surface area contributed by atoms with E-state index in [4.69, 9.17) is 4.74 Å². The fraction of sp³-hybridized carbons (Fsp3) is 0.889. The molecule has 2 aliphatic carbocycles. The van der Waals surface area contributed by atoms with Crippen LogP contribution in [0.3, 0.4) is 0 Å². The average Bonchev–Trinajstić information content (AvgIpc) is 2.59. The minimum Gasteiger partial charge on any atom is -0.466 e. The summed E-state index contributed by atoms with van der Waals surface area (Å²) < 4.78 is 4.66. The summed E-state index contributed by atoms with van der Waals surface area (Å²) >= 11 is 4.45. The number of esters is 1. The highest BCUT2D eigenvalue weighted by molar-refractivity contribution is 7.82. The molecule has 1 N–H and O–H groups in total. The number of carbonyl (C=O) groups excluding carboxylic acids is 1. The standard InChI is InChI=1S/C9H14O3S/c1-2-12-8(11)7-6-5(10)3-4-9(6,7)13/h5-7,10,13H,2-4H2,1H3. The van der Waals surface area contributed by atoms with Crippen molar-refractivity contribution in [2.24, 2.45) is 11.8 Å². The van der Waals surface area contributed by atoms with Crippen LogP contribution in [-0.4, -0.2) is 28.5 Å². The molecule has 0 radical (unpaired) electrons. The number of hydrogen-bond acceptors (Lipinski definition) is 4. The molecule has 0 aromatic heterocycles. The van der Waals surface area contributed by atoms with Crippen molar-refractivity contribution in [2.45, 2.75) is 30.6 Å². The zero-order chi connectivity index (χ0) is 9.64. The topological polar surface area (TPSA) is 46.5 Å². The largest absolute Gasteiger partial charge is 0.466 e. The summed E-state index contributed by atoms with van der Waals surface area (Å²) in [7, 11) is 0. The van der Waals surface area contributed by atoms with Gasteiger partial charge in [-0.1, -0.05) is 0 Å². The van der Waals surface area contributed by atoms with Crippen molar-refractivity contribution in [1.82, 2.24) is 0 Å². The van der Waals surface area contributed by atoms with Crippen molar-refractivity contribution in [3.05, 3.63) is 0 Å². The second-order valence-corrected chi connectivity index (χ2v) is 4.69. The second kappa shape index (κ2) is 2.89. The smallest absolute Gasteiger partial charge is 0.310 e. The van der Waals surface area contributed by atoms with Gasteiger partial charge in [0.15, 0.2) is 0 Å². The lowest BCUT2D eigenvalue weighted by Crippen LogP contribution is -2.17. The first-order chi connectivity index (χ1) is 6.11. The number of aliphatic hydroxyl groups is 1. The third-order valence-corrected chi connectivity index (χ3v) is 3.96. The quantitative estimate of drug-likeness (QED) is 0.509. The predicted octanol–water partition coefficient (Wildman–Crippen LogP) is 0.619. The number of carbonyl (C=O) groups is 1. The first kappa shape index (κ1) is 9.34. The van der Waals surface area contributed by atoms with Gasteiger partial charge in [-0.05, 0) is 19.8 Å². The SMILES string of the molecule is CCOC(=O)C1C2C(O)CCC12S. The lowest BCUT2D eigenvalue weighted by molar-refractivity contribution is -0.145. The lowest BCUT2D eigenvalue weighted by atomic mass is 10.1. The summed E-state index contributed by atoms with van der Waals surface area (Å²) in [5.41, 5.74) is 0. The van der Waals surface area contributed by atoms with E-state index in [1.165, 1.54) is 0 Å². The number of hydrogen-bond donors (Lipinski definition) is 2. The molecule has 3 nitrogen and oxygen atoms in total. The molecule has 0 bridgehead atoms. The highest BCUT2D eigenvalue weighted by Gasteiger charge is 2.72. The van der Waals surface area contributed by atoms with Crippen LogP contribution in [0.4, 0.5) is 0 Å². The van der Waals surface area contributed by atoms with Gasteiger partial charge in [-0.2, -0.15) is 12.6 Å². The van der Waals surface area contributed by atoms with E-state index in [0.717, 1.165) is 12.8 Å². The summed E-state index contributed by atoms with van der Waals surface area (Å²) in [6.45, 7) is 2.19. The number of ether oxygens (including phenoxy) is 1. The Labute approximate surface area is 82.9 Å². The van der Waals surface area contributed by atoms with Crippen LogP contribution in [0.15, 0.2) is 0 Å². The van der Waals surface area contributed by atoms with Crippen LogP contribution in [0.5, 0.6) is 0 Å². The summed E-state index contributed by atoms with van der Waals surface area (Å²) in [6, 6.07) is 0. The Kier molecular flexibility index (Phi) is 2.07. The fourth-order valence-electron chi connectivity index (χ4n) is 2.47. The van der Waals surface area contributed by atoms with Crippen LogP contribution >= 0.6 is 12.6 Å². The lowest BCUT2D eigenvalue weighted by Gasteiger charge is -2.08. The maximum atomic E-state index is 11.4. The third kappa shape index (κ3) is 1.19. The van der Waals surface area contributed by atoms with Crippen molar-refractivity contribution in [3.63, 3.8) is 0 Å². The van der Waals surface area contributed by atoms with E-state index in [1.807, 2.05) is 0 Å². The molecule has 2 saturated carbocycles. The minimum atomic E-state index is -0.355. The summed E-state index contributed by atoms with van der Waals surface area (Å²) in [6.07, 6.45) is 1.24. The van der Waals surface area contributed by atoms with E-state index >= 15 is 0 Å². The monoisotopic (exact) mass is 202 g/mol. The molecule has 0 saturated heterocycles. The van der Waals surface area contributed by atoms with Crippen LogP contribution in [0.2, 0.25) is 0 Å². The van der Waals surface area contributed by atoms with E-state index < -0.39 is 0 Å². The third-order valence-electron chi connectivity index (χ3n) is 3.16. The van der Waals surface area contributed by atoms with Gasteiger partial charge in [-0.15, -0.1) is 0 Å². The molecule has 13 heavy (non-hydrogen) atoms. The predicted molar refractivity (Wildman–Crippen MR) is 50.6 cm³/mol. The zero-order valence-electron chi connectivity index (χ0n) is 7.56. The second-order valence-electron chi connectivity index (χ2n) is 3.85. The van der Waals surface area contributed by atoms with Gasteiger partial charge in [-0.25, -0.2) is 0 Å². The van der Waals surface area contributed by atoms with E-state index in [-0.39, 0.29) is 28.7 Å². The number of thiol groups is 1. The number of rotatable bonds is 2. The van der Waals surface area contributed by atoms with Gasteiger partial charge in [0.1, 0.15) is 0 Å². The van der Waals surface area contributed by atoms with Crippen LogP contribution in [0.1, 0.15) is 19.8 Å². The highest BCUT2D eigenvalue weighted by Crippen LogP contribution is 2.65. The Morgan fingerprint density at radius 3 is 2.92 bits per heavy atom. The molecule has 74 valence electrons. The summed E-state index contributed by atoms with van der Waals surface area (Å²) in [4.78, 5) is 11.4. The van der Waals surface area contributed by atoms with Crippen molar-refractivity contribution < 1.29 is 14.6 Å². The Morgan fingerprint density at radius 1 is 1.77 bits per heavy atom. The van der Waals surface area contributed by atoms with Gasteiger partial charge >= 0.3 is 5.97 Å². The normalized spacial score (nSPS) is 47.2. The van der Waals surface area contributed by atoms with Crippen molar-refractivity contribution in [3.8, 4) is 0 Å². The van der Waals surface area contributed by atoms with Gasteiger partial charge in [-0.3, -0.25) is 4.79 Å². The minimum absolute atomic E-state index is 0.0369. The van der Waals surface area contributed by atoms with Gasteiger partial charge in [0.05, 0.1) is 18.6 Å². The van der Waals surface area contributed by atoms with E-state index in [1.54, 1.807) is 6.92 Å². The molecular weight excluding hydrogens is 188 g/mol. The van der Waals surface area contributed by atoms with E-state index in [0.29, 0.717) is 6.61 Å². The molecular formula is C9H14O3S. The molecule has 0 aromatic carbocycles. The molecule has 2 fully saturated rings. The van der Waals surface area contributed by atoms with Gasteiger partial charge in [0.25, 0.3) is 0 Å². The van der Waals surface area contributed by atoms with Crippen LogP contribution in [0, 0.1) is 11.8 Å². The first-order valence-corrected chi connectivity index (χ1v) is 5.13. The Bertz CT molecular complexity index is 243. The number of aliphatic hydroxyl groups excluding tert-OH is 1. The molecule has 4 atom stereocenters. The van der Waals surface area contributed by atoms with Crippen molar-refractivity contribution in [2.75, 3.05) is 6.61 Å². The molecule has 2 rings (SSSR count). The molecule has 0 amide bonds. The maximum absolute atomic E-state index is 11.4. The van der Waals surface area contributed by atoms with Crippen molar-refractivity contribution in [1.29, 1.82) is 0 Å². The Hall–Kier alpha value is -0.220. The molecule has 4 heteroatoms. The molecule has 0 aliphatic heterocycles. The number of fused-ring (bicyclic) bond motifs is 1. The van der Waals surface area contributed by atoms with Gasteiger partial charge in [0, 0.05) is 10.7 Å². The Balaban J connectivity index is 2.02. The van der Waals surface area contributed by atoms with Gasteiger partial charge in [0.2, 0.25) is 0 Å². The van der Waals surface area contributed by atoms with Gasteiger partial charge < -0.3 is 9.84 Å². The maximum Gasteiger partial charge on any atom is 0.310 e. The summed E-state index contributed by atoms with van der Waals surface area (Å²) in [5.74, 6) is -0.323. The highest BCUT2D eigenvalue weighted by atomic mass is 32.1. The average molecular weight is 202 g/mol. The van der Waals surface area contributed by atoms with Crippen LogP contribution in [0.25, 0.3) is 0 Å². The van der Waals surface area contributed by atoms with E-state index in [2.05, 4.69) is 12.6 Å². The molecule has 0 heterocycles. The molecule has 4 unspecified atom stereocenters. The molecule has 0 aromatic rings. The zero-order valence-corrected chi connectivity index (χ0v) is 8.46. The van der Waals surface area contributed by atoms with Crippen molar-refractivity contribution >= 4 is 18.6 Å². The van der Waals surface area contributed by atoms with E-state index in [9.17, 15) is 9.90 Å². The molecule has 0 spiro atoms. The van der Waals surface area contributed by atoms with Crippen LogP contribution in [-0.2, 0) is 9.53 Å². The first-order valence-electron chi connectivity index (χ1n) is 4.68. The Morgan fingerprint density at radius 2 is 2.46 bits per heavy atom. The summed E-state index contributed by atoms with van der Waals surface area (Å²) in [5, 5.41) is 9.54. The van der Waals surface area contributed by atoms with Crippen LogP contribution < -0.4 is 0 Å².